The lowest BCUT2D eigenvalue weighted by molar-refractivity contribution is 0.0271. The Morgan fingerprint density at radius 3 is 3.05 bits per heavy atom. The van der Waals surface area contributed by atoms with E-state index in [1.54, 1.807) is 0 Å². The Morgan fingerprint density at radius 1 is 1.50 bits per heavy atom. The van der Waals surface area contributed by atoms with E-state index in [2.05, 4.69) is 26.2 Å². The van der Waals surface area contributed by atoms with Crippen molar-refractivity contribution in [3.8, 4) is 0 Å². The standard InChI is InChI=1S/C15H17BrN2O2/c1-15(6-3-7-20-9-15)18-14(19)13-8-10-11(16)4-2-5-12(10)17-13/h2,4-5,8,17H,3,6-7,9H2,1H3,(H,18,19). The molecule has 1 unspecified atom stereocenters. The van der Waals surface area contributed by atoms with Gasteiger partial charge in [-0.2, -0.15) is 0 Å². The molecule has 2 aromatic rings. The van der Waals surface area contributed by atoms with E-state index in [1.807, 2.05) is 31.2 Å². The summed E-state index contributed by atoms with van der Waals surface area (Å²) in [5.41, 5.74) is 1.26. The van der Waals surface area contributed by atoms with E-state index in [1.165, 1.54) is 0 Å². The van der Waals surface area contributed by atoms with E-state index < -0.39 is 0 Å². The van der Waals surface area contributed by atoms with Crippen LogP contribution in [0.4, 0.5) is 0 Å². The number of amides is 1. The molecule has 0 radical (unpaired) electrons. The van der Waals surface area contributed by atoms with Gasteiger partial charge in [-0.05, 0) is 38.0 Å². The summed E-state index contributed by atoms with van der Waals surface area (Å²) in [7, 11) is 0. The summed E-state index contributed by atoms with van der Waals surface area (Å²) in [6.45, 7) is 3.39. The molecule has 0 aliphatic carbocycles. The normalized spacial score (nSPS) is 22.9. The molecule has 1 aromatic carbocycles. The van der Waals surface area contributed by atoms with E-state index in [-0.39, 0.29) is 11.4 Å². The quantitative estimate of drug-likeness (QED) is 0.884. The summed E-state index contributed by atoms with van der Waals surface area (Å²) >= 11 is 3.50. The molecule has 0 spiro atoms. The fraction of sp³-hybridized carbons (Fsp3) is 0.400. The first kappa shape index (κ1) is 13.6. The van der Waals surface area contributed by atoms with Gasteiger partial charge < -0.3 is 15.0 Å². The van der Waals surface area contributed by atoms with Gasteiger partial charge >= 0.3 is 0 Å². The van der Waals surface area contributed by atoms with Gasteiger partial charge in [-0.3, -0.25) is 4.79 Å². The van der Waals surface area contributed by atoms with Gasteiger partial charge in [-0.15, -0.1) is 0 Å². The Balaban J connectivity index is 1.83. The zero-order valence-corrected chi connectivity index (χ0v) is 12.9. The first-order valence-electron chi connectivity index (χ1n) is 6.75. The topological polar surface area (TPSA) is 54.1 Å². The number of aromatic amines is 1. The molecule has 0 bridgehead atoms. The van der Waals surface area contributed by atoms with Crippen LogP contribution >= 0.6 is 15.9 Å². The highest BCUT2D eigenvalue weighted by Crippen LogP contribution is 2.25. The van der Waals surface area contributed by atoms with E-state index in [0.29, 0.717) is 12.3 Å². The van der Waals surface area contributed by atoms with Gasteiger partial charge in [-0.1, -0.05) is 22.0 Å². The maximum absolute atomic E-state index is 12.4. The van der Waals surface area contributed by atoms with Crippen LogP contribution in [0.25, 0.3) is 10.9 Å². The van der Waals surface area contributed by atoms with Gasteiger partial charge in [0.25, 0.3) is 5.91 Å². The van der Waals surface area contributed by atoms with E-state index in [9.17, 15) is 4.79 Å². The van der Waals surface area contributed by atoms with Crippen molar-refractivity contribution in [2.24, 2.45) is 0 Å². The van der Waals surface area contributed by atoms with Gasteiger partial charge in [-0.25, -0.2) is 0 Å². The summed E-state index contributed by atoms with van der Waals surface area (Å²) in [6, 6.07) is 7.75. The highest BCUT2D eigenvalue weighted by molar-refractivity contribution is 9.10. The zero-order chi connectivity index (χ0) is 14.2. The minimum atomic E-state index is -0.274. The van der Waals surface area contributed by atoms with Crippen molar-refractivity contribution >= 4 is 32.7 Å². The fourth-order valence-corrected chi connectivity index (χ4v) is 3.10. The summed E-state index contributed by atoms with van der Waals surface area (Å²) in [6.07, 6.45) is 1.93. The lowest BCUT2D eigenvalue weighted by atomic mass is 9.95. The van der Waals surface area contributed by atoms with Crippen LogP contribution in [0.2, 0.25) is 0 Å². The molecule has 0 saturated carbocycles. The number of ether oxygens (including phenoxy) is 1. The third kappa shape index (κ3) is 2.60. The molecule has 2 N–H and O–H groups in total. The van der Waals surface area contributed by atoms with Crippen LogP contribution in [0.1, 0.15) is 30.3 Å². The molecule has 1 fully saturated rings. The van der Waals surface area contributed by atoms with E-state index >= 15 is 0 Å². The third-order valence-corrected chi connectivity index (χ3v) is 4.40. The van der Waals surface area contributed by atoms with Gasteiger partial charge in [0.1, 0.15) is 5.69 Å². The monoisotopic (exact) mass is 336 g/mol. The van der Waals surface area contributed by atoms with Crippen molar-refractivity contribution in [3.63, 3.8) is 0 Å². The first-order valence-corrected chi connectivity index (χ1v) is 7.54. The third-order valence-electron chi connectivity index (χ3n) is 3.71. The van der Waals surface area contributed by atoms with E-state index in [0.717, 1.165) is 34.8 Å². The van der Waals surface area contributed by atoms with Crippen molar-refractivity contribution in [1.29, 1.82) is 0 Å². The molecule has 4 nitrogen and oxygen atoms in total. The van der Waals surface area contributed by atoms with Crippen molar-refractivity contribution in [2.45, 2.75) is 25.3 Å². The Labute approximate surface area is 126 Å². The van der Waals surface area contributed by atoms with Gasteiger partial charge in [0.05, 0.1) is 12.1 Å². The Hall–Kier alpha value is -1.33. The number of halogens is 1. The predicted molar refractivity (Wildman–Crippen MR) is 81.9 cm³/mol. The van der Waals surface area contributed by atoms with Crippen LogP contribution in [-0.4, -0.2) is 29.6 Å². The molecule has 5 heteroatoms. The number of carbonyl (C=O) groups excluding carboxylic acids is 1. The second-order valence-electron chi connectivity index (χ2n) is 5.56. The lowest BCUT2D eigenvalue weighted by Crippen LogP contribution is -2.51. The Kier molecular flexibility index (Phi) is 3.56. The SMILES string of the molecule is CC1(NC(=O)c2cc3c(Br)cccc3[nH]2)CCCOC1. The summed E-state index contributed by atoms with van der Waals surface area (Å²) in [5, 5.41) is 4.10. The summed E-state index contributed by atoms with van der Waals surface area (Å²) in [5.74, 6) is -0.0823. The molecular weight excluding hydrogens is 320 g/mol. The first-order chi connectivity index (χ1) is 9.57. The lowest BCUT2D eigenvalue weighted by Gasteiger charge is -2.34. The average molecular weight is 337 g/mol. The minimum absolute atomic E-state index is 0.0823. The molecule has 1 aromatic heterocycles. The maximum atomic E-state index is 12.4. The molecule has 2 heterocycles. The molecular formula is C15H17BrN2O2. The number of hydrogen-bond acceptors (Lipinski definition) is 2. The summed E-state index contributed by atoms with van der Waals surface area (Å²) in [4.78, 5) is 15.5. The van der Waals surface area contributed by atoms with Crippen molar-refractivity contribution < 1.29 is 9.53 Å². The van der Waals surface area contributed by atoms with Crippen LogP contribution in [-0.2, 0) is 4.74 Å². The zero-order valence-electron chi connectivity index (χ0n) is 11.3. The molecule has 1 saturated heterocycles. The smallest absolute Gasteiger partial charge is 0.268 e. The second-order valence-corrected chi connectivity index (χ2v) is 6.41. The second kappa shape index (κ2) is 5.22. The molecule has 1 amide bonds. The molecule has 1 aliphatic rings. The molecule has 3 rings (SSSR count). The van der Waals surface area contributed by atoms with Crippen LogP contribution in [0.15, 0.2) is 28.7 Å². The van der Waals surface area contributed by atoms with Crippen molar-refractivity contribution in [2.75, 3.05) is 13.2 Å². The maximum Gasteiger partial charge on any atom is 0.268 e. The largest absolute Gasteiger partial charge is 0.379 e. The highest BCUT2D eigenvalue weighted by Gasteiger charge is 2.30. The molecule has 106 valence electrons. The minimum Gasteiger partial charge on any atom is -0.379 e. The van der Waals surface area contributed by atoms with E-state index in [4.69, 9.17) is 4.74 Å². The van der Waals surface area contributed by atoms with Gasteiger partial charge in [0.2, 0.25) is 0 Å². The fourth-order valence-electron chi connectivity index (χ4n) is 2.61. The molecule has 20 heavy (non-hydrogen) atoms. The number of fused-ring (bicyclic) bond motifs is 1. The van der Waals surface area contributed by atoms with Crippen molar-refractivity contribution in [3.05, 3.63) is 34.4 Å². The number of hydrogen-bond donors (Lipinski definition) is 2. The average Bonchev–Trinajstić information content (AvgIpc) is 2.85. The van der Waals surface area contributed by atoms with Crippen LogP contribution in [0.5, 0.6) is 0 Å². The van der Waals surface area contributed by atoms with Crippen LogP contribution in [0, 0.1) is 0 Å². The number of carbonyl (C=O) groups is 1. The number of aromatic nitrogens is 1. The van der Waals surface area contributed by atoms with Crippen LogP contribution in [0.3, 0.4) is 0 Å². The molecule has 1 atom stereocenters. The number of H-pyrrole nitrogens is 1. The van der Waals surface area contributed by atoms with Gasteiger partial charge in [0.15, 0.2) is 0 Å². The van der Waals surface area contributed by atoms with Crippen molar-refractivity contribution in [1.82, 2.24) is 10.3 Å². The van der Waals surface area contributed by atoms with Gasteiger partial charge in [0, 0.05) is 22.0 Å². The Bertz CT molecular complexity index is 644. The molecule has 1 aliphatic heterocycles. The van der Waals surface area contributed by atoms with Crippen LogP contribution < -0.4 is 5.32 Å². The Morgan fingerprint density at radius 2 is 2.35 bits per heavy atom. The highest BCUT2D eigenvalue weighted by atomic mass is 79.9. The summed E-state index contributed by atoms with van der Waals surface area (Å²) < 4.78 is 6.45. The number of benzene rings is 1. The number of rotatable bonds is 2. The predicted octanol–water partition coefficient (Wildman–Crippen LogP) is 3.23. The number of nitrogens with one attached hydrogen (secondary N) is 2.